The van der Waals surface area contributed by atoms with Crippen molar-refractivity contribution in [3.05, 3.63) is 0 Å². The molecule has 1 amide bonds. The summed E-state index contributed by atoms with van der Waals surface area (Å²) in [5.41, 5.74) is 0. The van der Waals surface area contributed by atoms with Crippen molar-refractivity contribution < 1.29 is 18.9 Å². The summed E-state index contributed by atoms with van der Waals surface area (Å²) >= 11 is 0. The van der Waals surface area contributed by atoms with Crippen molar-refractivity contribution in [2.45, 2.75) is 44.6 Å². The van der Waals surface area contributed by atoms with Gasteiger partial charge in [0, 0.05) is 17.3 Å². The summed E-state index contributed by atoms with van der Waals surface area (Å²) < 4.78 is 11.7. The molecule has 0 aliphatic rings. The van der Waals surface area contributed by atoms with Crippen LogP contribution in [0.1, 0.15) is 34.1 Å². The van der Waals surface area contributed by atoms with E-state index in [-0.39, 0.29) is 5.91 Å². The maximum Gasteiger partial charge on any atom is 0.319 e. The topological polar surface area (TPSA) is 83.5 Å². The smallest absolute Gasteiger partial charge is 0.319 e. The number of amides is 1. The summed E-state index contributed by atoms with van der Waals surface area (Å²) in [6, 6.07) is 0. The van der Waals surface area contributed by atoms with Crippen LogP contribution in [-0.4, -0.2) is 38.2 Å². The van der Waals surface area contributed by atoms with E-state index in [9.17, 15) is 13.8 Å². The van der Waals surface area contributed by atoms with Crippen LogP contribution in [0.25, 0.3) is 0 Å². The fraction of sp³-hybridized carbons (Fsp3) is 0.818. The molecule has 3 unspecified atom stereocenters. The monoisotopic (exact) mass is 263 g/mol. The van der Waals surface area contributed by atoms with Crippen LogP contribution in [0.15, 0.2) is 0 Å². The molecular weight excluding hydrogens is 242 g/mol. The van der Waals surface area contributed by atoms with Crippen LogP contribution >= 0.6 is 0 Å². The summed E-state index contributed by atoms with van der Waals surface area (Å²) in [5.74, 6) is -1.02. The molecule has 0 aromatic rings. The van der Waals surface area contributed by atoms with Gasteiger partial charge in [-0.05, 0) is 26.2 Å². The molecule has 3 atom stereocenters. The number of aliphatic carboxylic acids is 1. The molecule has 0 fully saturated rings. The predicted octanol–water partition coefficient (Wildman–Crippen LogP) is 0.759. The van der Waals surface area contributed by atoms with Crippen molar-refractivity contribution in [3.63, 3.8) is 0 Å². The molecule has 0 saturated carbocycles. The molecule has 17 heavy (non-hydrogen) atoms. The molecule has 0 radical (unpaired) electrons. The molecule has 0 aliphatic heterocycles. The van der Waals surface area contributed by atoms with E-state index >= 15 is 0 Å². The number of rotatable bonds is 7. The highest BCUT2D eigenvalue weighted by Crippen LogP contribution is 2.05. The van der Waals surface area contributed by atoms with Crippen LogP contribution in [0.3, 0.4) is 0 Å². The van der Waals surface area contributed by atoms with Gasteiger partial charge in [0.05, 0.1) is 0 Å². The zero-order chi connectivity index (χ0) is 13.6. The zero-order valence-electron chi connectivity index (χ0n) is 10.7. The highest BCUT2D eigenvalue weighted by Gasteiger charge is 2.28. The van der Waals surface area contributed by atoms with Crippen LogP contribution in [0.2, 0.25) is 0 Å². The minimum Gasteiger partial charge on any atom is -0.480 e. The summed E-state index contributed by atoms with van der Waals surface area (Å²) in [4.78, 5) is 22.2. The molecule has 6 heteroatoms. The second-order valence-corrected chi connectivity index (χ2v) is 6.50. The van der Waals surface area contributed by atoms with E-state index in [1.807, 2.05) is 13.8 Å². The zero-order valence-corrected chi connectivity index (χ0v) is 11.5. The van der Waals surface area contributed by atoms with Gasteiger partial charge in [-0.25, -0.2) is 0 Å². The van der Waals surface area contributed by atoms with E-state index in [1.165, 1.54) is 13.8 Å². The lowest BCUT2D eigenvalue weighted by Crippen LogP contribution is -2.40. The Labute approximate surface area is 104 Å². The molecule has 5 nitrogen and oxygen atoms in total. The third-order valence-corrected chi connectivity index (χ3v) is 4.24. The second kappa shape index (κ2) is 7.42. The first-order valence-electron chi connectivity index (χ1n) is 5.67. The third kappa shape index (κ3) is 5.81. The van der Waals surface area contributed by atoms with Gasteiger partial charge in [0.2, 0.25) is 5.91 Å². The normalized spacial score (nSPS) is 16.3. The average Bonchev–Trinajstić information content (AvgIpc) is 2.25. The minimum atomic E-state index is -1.70. The Hall–Kier alpha value is -0.910. The Bertz CT molecular complexity index is 304. The minimum absolute atomic E-state index is 0.350. The summed E-state index contributed by atoms with van der Waals surface area (Å²) in [6.07, 6.45) is 0.847. The molecule has 0 aromatic heterocycles. The van der Waals surface area contributed by atoms with Crippen molar-refractivity contribution in [2.24, 2.45) is 5.92 Å². The summed E-state index contributed by atoms with van der Waals surface area (Å²) in [7, 11) is -1.70. The maximum absolute atomic E-state index is 11.7. The SMILES string of the molecule is CC(C)CCNC(=O)C(C)S(=O)C(C)C(=O)O. The lowest BCUT2D eigenvalue weighted by Gasteiger charge is -2.15. The fourth-order valence-corrected chi connectivity index (χ4v) is 2.24. The molecule has 0 spiro atoms. The molecule has 2 N–H and O–H groups in total. The lowest BCUT2D eigenvalue weighted by molar-refractivity contribution is -0.136. The standard InChI is InChI=1S/C11H21NO4S/c1-7(2)5-6-12-10(13)8(3)17(16)9(4)11(14)15/h7-9H,5-6H2,1-4H3,(H,12,13)(H,14,15). The van der Waals surface area contributed by atoms with Gasteiger partial charge in [0.25, 0.3) is 0 Å². The summed E-state index contributed by atoms with van der Waals surface area (Å²) in [6.45, 7) is 7.44. The van der Waals surface area contributed by atoms with Crippen LogP contribution in [0, 0.1) is 5.92 Å². The van der Waals surface area contributed by atoms with E-state index in [1.54, 1.807) is 0 Å². The molecule has 0 bridgehead atoms. The largest absolute Gasteiger partial charge is 0.480 e. The number of carboxylic acids is 1. The highest BCUT2D eigenvalue weighted by atomic mass is 32.2. The third-order valence-electron chi connectivity index (χ3n) is 2.43. The van der Waals surface area contributed by atoms with Crippen molar-refractivity contribution in [1.29, 1.82) is 0 Å². The summed E-state index contributed by atoms with van der Waals surface area (Å²) in [5, 5.41) is 9.55. The number of hydrogen-bond acceptors (Lipinski definition) is 3. The van der Waals surface area contributed by atoms with E-state index < -0.39 is 27.3 Å². The fourth-order valence-electron chi connectivity index (χ4n) is 1.14. The highest BCUT2D eigenvalue weighted by molar-refractivity contribution is 7.87. The Morgan fingerprint density at radius 2 is 1.71 bits per heavy atom. The van der Waals surface area contributed by atoms with Crippen LogP contribution in [0.5, 0.6) is 0 Å². The van der Waals surface area contributed by atoms with Gasteiger partial charge in [-0.15, -0.1) is 0 Å². The van der Waals surface area contributed by atoms with Gasteiger partial charge in [-0.2, -0.15) is 0 Å². The number of carboxylic acid groups (broad SMARTS) is 1. The van der Waals surface area contributed by atoms with Gasteiger partial charge in [0.1, 0.15) is 10.5 Å². The van der Waals surface area contributed by atoms with Gasteiger partial charge >= 0.3 is 5.97 Å². The number of nitrogens with one attached hydrogen (secondary N) is 1. The van der Waals surface area contributed by atoms with Crippen LogP contribution < -0.4 is 5.32 Å². The lowest BCUT2D eigenvalue weighted by atomic mass is 10.1. The molecular formula is C11H21NO4S. The average molecular weight is 263 g/mol. The predicted molar refractivity (Wildman–Crippen MR) is 67.2 cm³/mol. The van der Waals surface area contributed by atoms with Crippen molar-refractivity contribution in [1.82, 2.24) is 5.32 Å². The van der Waals surface area contributed by atoms with Gasteiger partial charge in [0.15, 0.2) is 0 Å². The van der Waals surface area contributed by atoms with Crippen molar-refractivity contribution >= 4 is 22.7 Å². The Morgan fingerprint density at radius 1 is 1.18 bits per heavy atom. The molecule has 0 rings (SSSR count). The Balaban J connectivity index is 4.21. The van der Waals surface area contributed by atoms with Gasteiger partial charge in [-0.3, -0.25) is 13.8 Å². The number of carbonyl (C=O) groups excluding carboxylic acids is 1. The van der Waals surface area contributed by atoms with E-state index in [0.29, 0.717) is 12.5 Å². The van der Waals surface area contributed by atoms with E-state index in [4.69, 9.17) is 5.11 Å². The first-order valence-corrected chi connectivity index (χ1v) is 6.94. The number of hydrogen-bond donors (Lipinski definition) is 2. The Kier molecular flexibility index (Phi) is 7.03. The van der Waals surface area contributed by atoms with Gasteiger partial charge in [-0.1, -0.05) is 13.8 Å². The van der Waals surface area contributed by atoms with E-state index in [0.717, 1.165) is 6.42 Å². The molecule has 100 valence electrons. The van der Waals surface area contributed by atoms with Crippen LogP contribution in [-0.2, 0) is 20.4 Å². The quantitative estimate of drug-likeness (QED) is 0.710. The molecule has 0 aromatic carbocycles. The Morgan fingerprint density at radius 3 is 2.12 bits per heavy atom. The maximum atomic E-state index is 11.7. The second-order valence-electron chi connectivity index (χ2n) is 4.42. The van der Waals surface area contributed by atoms with E-state index in [2.05, 4.69) is 5.32 Å². The molecule has 0 aliphatic carbocycles. The number of carbonyl (C=O) groups is 2. The first kappa shape index (κ1) is 16.1. The molecule has 0 heterocycles. The van der Waals surface area contributed by atoms with Crippen molar-refractivity contribution in [3.8, 4) is 0 Å². The van der Waals surface area contributed by atoms with Crippen molar-refractivity contribution in [2.75, 3.05) is 6.54 Å². The first-order chi connectivity index (χ1) is 7.77. The van der Waals surface area contributed by atoms with Gasteiger partial charge < -0.3 is 10.4 Å². The van der Waals surface area contributed by atoms with Crippen LogP contribution in [0.4, 0.5) is 0 Å². The molecule has 0 saturated heterocycles.